The molecule has 3 heterocycles. The van der Waals surface area contributed by atoms with Gasteiger partial charge in [-0.1, -0.05) is 0 Å². The third-order valence-corrected chi connectivity index (χ3v) is 7.88. The van der Waals surface area contributed by atoms with Gasteiger partial charge in [-0.25, -0.2) is 18.7 Å². The highest BCUT2D eigenvalue weighted by atomic mass is 31.3. The smallest absolute Gasteiger partial charge is 0.389 e. The first kappa shape index (κ1) is 25.6. The van der Waals surface area contributed by atoms with Crippen molar-refractivity contribution in [1.29, 1.82) is 5.26 Å². The van der Waals surface area contributed by atoms with Crippen LogP contribution < -0.4 is 11.5 Å². The van der Waals surface area contributed by atoms with Crippen LogP contribution in [0.2, 0.25) is 0 Å². The molecule has 0 saturated carbocycles. The van der Waals surface area contributed by atoms with Crippen LogP contribution in [0.1, 0.15) is 6.23 Å². The van der Waals surface area contributed by atoms with Crippen molar-refractivity contribution in [2.24, 2.45) is 5.92 Å². The van der Waals surface area contributed by atoms with E-state index in [0.29, 0.717) is 0 Å². The van der Waals surface area contributed by atoms with Gasteiger partial charge in [-0.2, -0.15) is 23.9 Å². The number of nitrogens with zero attached hydrogens (tertiary/aromatic N) is 5. The fourth-order valence-electron chi connectivity index (χ4n) is 2.87. The molecule has 22 heteroatoms. The van der Waals surface area contributed by atoms with Crippen molar-refractivity contribution in [1.82, 2.24) is 19.5 Å². The van der Waals surface area contributed by atoms with Crippen molar-refractivity contribution in [3.05, 3.63) is 6.33 Å². The summed E-state index contributed by atoms with van der Waals surface area (Å²) in [6.07, 6.45) is -3.14. The molecule has 2 aromatic heterocycles. The second-order valence-corrected chi connectivity index (χ2v) is 10.8. The highest BCUT2D eigenvalue weighted by Crippen LogP contribution is 2.66. The van der Waals surface area contributed by atoms with E-state index in [4.69, 9.17) is 30.9 Å². The van der Waals surface area contributed by atoms with Gasteiger partial charge in [-0.15, -0.1) is 0 Å². The average Bonchev–Trinajstić information content (AvgIpc) is 3.17. The minimum absolute atomic E-state index is 0.0611. The summed E-state index contributed by atoms with van der Waals surface area (Å²) in [6.45, 7) is -0.967. The van der Waals surface area contributed by atoms with E-state index in [1.165, 1.54) is 10.9 Å². The van der Waals surface area contributed by atoms with Gasteiger partial charge in [-0.05, 0) is 0 Å². The average molecular weight is 531 g/mol. The summed E-state index contributed by atoms with van der Waals surface area (Å²) in [5.74, 6) is -1.56. The van der Waals surface area contributed by atoms with E-state index >= 15 is 0 Å². The second kappa shape index (κ2) is 8.96. The number of aromatic nitrogens is 4. The highest BCUT2D eigenvalue weighted by Gasteiger charge is 2.47. The number of hydrogen-bond acceptors (Lipinski definition) is 14. The van der Waals surface area contributed by atoms with Crippen molar-refractivity contribution in [2.45, 2.75) is 18.4 Å². The predicted molar refractivity (Wildman–Crippen MR) is 103 cm³/mol. The van der Waals surface area contributed by atoms with E-state index in [1.54, 1.807) is 6.07 Å². The lowest BCUT2D eigenvalue weighted by atomic mass is 10.0. The van der Waals surface area contributed by atoms with Gasteiger partial charge in [0, 0.05) is 0 Å². The molecular formula is C11H16N7O12P3. The minimum Gasteiger partial charge on any atom is -0.389 e. The summed E-state index contributed by atoms with van der Waals surface area (Å²) in [4.78, 5) is 47.4. The number of ether oxygens (including phenoxy) is 1. The number of aliphatic hydroxyl groups excluding tert-OH is 1. The Balaban J connectivity index is 1.76. The summed E-state index contributed by atoms with van der Waals surface area (Å²) in [5.41, 5.74) is 11.5. The first-order chi connectivity index (χ1) is 15.1. The molecule has 0 spiro atoms. The van der Waals surface area contributed by atoms with Crippen LogP contribution in [0.3, 0.4) is 0 Å². The Bertz CT molecular complexity index is 1240. The van der Waals surface area contributed by atoms with Gasteiger partial charge in [0.1, 0.15) is 23.6 Å². The Labute approximate surface area is 183 Å². The number of rotatable bonds is 8. The third-order valence-electron chi connectivity index (χ3n) is 4.08. The van der Waals surface area contributed by atoms with E-state index in [-0.39, 0.29) is 22.9 Å². The molecule has 9 N–H and O–H groups in total. The number of fused-ring (bicyclic) bond motifs is 1. The summed E-state index contributed by atoms with van der Waals surface area (Å²) in [6, 6.07) is 1.80. The van der Waals surface area contributed by atoms with Gasteiger partial charge >= 0.3 is 23.5 Å². The van der Waals surface area contributed by atoms with Crippen LogP contribution >= 0.6 is 23.5 Å². The number of nitrogens with two attached hydrogens (primary N) is 2. The summed E-state index contributed by atoms with van der Waals surface area (Å²) < 4.78 is 52.3. The molecule has 1 aliphatic heterocycles. The van der Waals surface area contributed by atoms with E-state index < -0.39 is 54.4 Å². The molecule has 182 valence electrons. The molecule has 1 saturated heterocycles. The van der Waals surface area contributed by atoms with Gasteiger partial charge in [0.05, 0.1) is 19.0 Å². The molecule has 0 amide bonds. The highest BCUT2D eigenvalue weighted by molar-refractivity contribution is 7.66. The molecule has 0 aromatic carbocycles. The molecule has 6 atom stereocenters. The van der Waals surface area contributed by atoms with Crippen molar-refractivity contribution < 1.29 is 56.3 Å². The van der Waals surface area contributed by atoms with E-state index in [1.807, 2.05) is 0 Å². The van der Waals surface area contributed by atoms with Crippen LogP contribution in [-0.4, -0.2) is 63.0 Å². The Kier molecular flexibility index (Phi) is 6.95. The minimum atomic E-state index is -5.73. The van der Waals surface area contributed by atoms with Gasteiger partial charge in [0.15, 0.2) is 17.7 Å². The molecule has 3 rings (SSSR count). The number of nitriles is 1. The van der Waals surface area contributed by atoms with Gasteiger partial charge in [0.2, 0.25) is 5.95 Å². The third kappa shape index (κ3) is 5.91. The number of imidazole rings is 1. The molecule has 33 heavy (non-hydrogen) atoms. The van der Waals surface area contributed by atoms with Crippen molar-refractivity contribution in [3.8, 4) is 6.07 Å². The maximum atomic E-state index is 11.9. The van der Waals surface area contributed by atoms with Crippen molar-refractivity contribution in [3.63, 3.8) is 0 Å². The van der Waals surface area contributed by atoms with Crippen LogP contribution in [0.25, 0.3) is 11.2 Å². The number of nitrogen functional groups attached to an aromatic ring is 2. The van der Waals surface area contributed by atoms with Gasteiger partial charge in [-0.3, -0.25) is 9.09 Å². The SMILES string of the molecule is N#C[C@@H]1[C@H](O)[C@@H](COP(=O)(O)OP(=O)(O)OP(=O)(O)O)O[C@H]1n1cnc2c(N)nc(N)nc21. The van der Waals surface area contributed by atoms with Crippen LogP contribution in [0.15, 0.2) is 6.33 Å². The molecule has 1 fully saturated rings. The molecule has 2 unspecified atom stereocenters. The summed E-state index contributed by atoms with van der Waals surface area (Å²) >= 11 is 0. The Morgan fingerprint density at radius 1 is 1.15 bits per heavy atom. The quantitative estimate of drug-likeness (QED) is 0.195. The maximum Gasteiger partial charge on any atom is 0.490 e. The normalized spacial score (nSPS) is 27.2. The van der Waals surface area contributed by atoms with Crippen LogP contribution in [0.4, 0.5) is 11.8 Å². The van der Waals surface area contributed by atoms with Crippen LogP contribution in [0.5, 0.6) is 0 Å². The maximum absolute atomic E-state index is 11.9. The molecule has 2 aromatic rings. The lowest BCUT2D eigenvalue weighted by Crippen LogP contribution is -2.29. The van der Waals surface area contributed by atoms with Crippen LogP contribution in [-0.2, 0) is 31.6 Å². The molecular weight excluding hydrogens is 515 g/mol. The van der Waals surface area contributed by atoms with Crippen LogP contribution in [0, 0.1) is 17.2 Å². The van der Waals surface area contributed by atoms with E-state index in [9.17, 15) is 29.0 Å². The molecule has 0 bridgehead atoms. The zero-order valence-electron chi connectivity index (χ0n) is 15.9. The summed E-state index contributed by atoms with van der Waals surface area (Å²) in [7, 11) is -16.8. The Morgan fingerprint density at radius 2 is 1.82 bits per heavy atom. The fourth-order valence-corrected chi connectivity index (χ4v) is 5.90. The fraction of sp³-hybridized carbons (Fsp3) is 0.455. The summed E-state index contributed by atoms with van der Waals surface area (Å²) in [5, 5.41) is 19.9. The second-order valence-electron chi connectivity index (χ2n) is 6.39. The molecule has 0 aliphatic carbocycles. The zero-order chi connectivity index (χ0) is 24.8. The lowest BCUT2D eigenvalue weighted by Gasteiger charge is -2.19. The van der Waals surface area contributed by atoms with E-state index in [2.05, 4.69) is 28.1 Å². The lowest BCUT2D eigenvalue weighted by molar-refractivity contribution is -0.0432. The first-order valence-electron chi connectivity index (χ1n) is 8.39. The Hall–Kier alpha value is -2.03. The van der Waals surface area contributed by atoms with E-state index in [0.717, 1.165) is 0 Å². The standard InChI is InChI=1S/C11H16N7O12P3/c12-1-4-7(19)5(2-27-32(23,24)30-33(25,26)29-31(20,21)22)28-10(4)18-3-15-6-8(13)16-11(14)17-9(6)18/h3-5,7,10,19H,2H2,(H,23,24)(H,25,26)(H2,20,21,22)(H4,13,14,16,17)/t4-,5-,7+,10-/m1/s1. The van der Waals surface area contributed by atoms with Crippen molar-refractivity contribution >= 4 is 46.4 Å². The van der Waals surface area contributed by atoms with Gasteiger partial charge < -0.3 is 40.9 Å². The first-order valence-corrected chi connectivity index (χ1v) is 12.9. The molecule has 1 aliphatic rings. The number of aliphatic hydroxyl groups is 1. The van der Waals surface area contributed by atoms with Gasteiger partial charge in [0.25, 0.3) is 0 Å². The van der Waals surface area contributed by atoms with Crippen molar-refractivity contribution in [2.75, 3.05) is 18.1 Å². The largest absolute Gasteiger partial charge is 0.490 e. The predicted octanol–water partition coefficient (Wildman–Crippen LogP) is -1.27. The Morgan fingerprint density at radius 3 is 2.42 bits per heavy atom. The number of anilines is 2. The zero-order valence-corrected chi connectivity index (χ0v) is 18.6. The molecule has 0 radical (unpaired) electrons. The monoisotopic (exact) mass is 531 g/mol. The topological polar surface area (TPSA) is 309 Å². The number of phosphoric ester groups is 1. The number of phosphoric acid groups is 3. The number of hydrogen-bond donors (Lipinski definition) is 7. The molecule has 19 nitrogen and oxygen atoms in total.